The maximum Gasteiger partial charge on any atom is 0.306 e. The molecule has 7 nitrogen and oxygen atoms in total. The predicted octanol–water partition coefficient (Wildman–Crippen LogP) is 1.20. The number of sulfone groups is 1. The van der Waals surface area contributed by atoms with Crippen molar-refractivity contribution in [3.63, 3.8) is 0 Å². The van der Waals surface area contributed by atoms with Crippen molar-refractivity contribution < 1.29 is 27.5 Å². The van der Waals surface area contributed by atoms with E-state index in [1.807, 2.05) is 0 Å². The average molecular weight is 390 g/mol. The standard InChI is InChI=1S/C16H20ClNO6S/c17-13-1-3-14(4-2-13)23-7-6-18-15(19)10-24-16(20)9-12-5-8-25(21,22)11-12/h1-4,12H,5-11H2,(H,18,19)/t12-/m1/s1. The van der Waals surface area contributed by atoms with Crippen LogP contribution < -0.4 is 10.1 Å². The first-order valence-electron chi connectivity index (χ1n) is 7.85. The van der Waals surface area contributed by atoms with E-state index in [4.69, 9.17) is 21.1 Å². The Balaban J connectivity index is 1.56. The number of hydrogen-bond acceptors (Lipinski definition) is 6. The third-order valence-corrected chi connectivity index (χ3v) is 5.74. The molecule has 1 aliphatic rings. The summed E-state index contributed by atoms with van der Waals surface area (Å²) in [6.07, 6.45) is 0.484. The van der Waals surface area contributed by atoms with Crippen molar-refractivity contribution in [3.8, 4) is 5.75 Å². The second-order valence-corrected chi connectivity index (χ2v) is 8.45. The van der Waals surface area contributed by atoms with Gasteiger partial charge in [-0.25, -0.2) is 8.42 Å². The van der Waals surface area contributed by atoms with Crippen molar-refractivity contribution >= 4 is 33.3 Å². The van der Waals surface area contributed by atoms with E-state index in [2.05, 4.69) is 5.32 Å². The van der Waals surface area contributed by atoms with Gasteiger partial charge in [-0.15, -0.1) is 0 Å². The highest BCUT2D eigenvalue weighted by Crippen LogP contribution is 2.21. The molecule has 0 aromatic heterocycles. The molecule has 2 rings (SSSR count). The highest BCUT2D eigenvalue weighted by Gasteiger charge is 2.29. The fourth-order valence-electron chi connectivity index (χ4n) is 2.41. The molecule has 1 aromatic rings. The van der Waals surface area contributed by atoms with Crippen molar-refractivity contribution in [2.75, 3.05) is 31.3 Å². The van der Waals surface area contributed by atoms with E-state index in [0.29, 0.717) is 17.2 Å². The minimum Gasteiger partial charge on any atom is -0.492 e. The van der Waals surface area contributed by atoms with Gasteiger partial charge >= 0.3 is 5.97 Å². The second kappa shape index (κ2) is 9.05. The van der Waals surface area contributed by atoms with Gasteiger partial charge in [0, 0.05) is 11.4 Å². The van der Waals surface area contributed by atoms with Crippen LogP contribution in [0.1, 0.15) is 12.8 Å². The van der Waals surface area contributed by atoms with Gasteiger partial charge in [-0.1, -0.05) is 11.6 Å². The maximum absolute atomic E-state index is 11.6. The molecular weight excluding hydrogens is 370 g/mol. The molecule has 1 heterocycles. The first-order valence-corrected chi connectivity index (χ1v) is 10.0. The number of amides is 1. The highest BCUT2D eigenvalue weighted by molar-refractivity contribution is 7.91. The first kappa shape index (κ1) is 19.5. The lowest BCUT2D eigenvalue weighted by atomic mass is 10.1. The van der Waals surface area contributed by atoms with Crippen molar-refractivity contribution in [2.45, 2.75) is 12.8 Å². The summed E-state index contributed by atoms with van der Waals surface area (Å²) in [7, 11) is -3.02. The summed E-state index contributed by atoms with van der Waals surface area (Å²) in [6.45, 7) is 0.139. The summed E-state index contributed by atoms with van der Waals surface area (Å²) in [5.41, 5.74) is 0. The third-order valence-electron chi connectivity index (χ3n) is 3.65. The van der Waals surface area contributed by atoms with Gasteiger partial charge in [-0.05, 0) is 36.6 Å². The predicted molar refractivity (Wildman–Crippen MR) is 92.3 cm³/mol. The van der Waals surface area contributed by atoms with E-state index in [-0.39, 0.29) is 43.6 Å². The number of esters is 1. The Morgan fingerprint density at radius 1 is 1.24 bits per heavy atom. The van der Waals surface area contributed by atoms with Gasteiger partial charge in [0.2, 0.25) is 0 Å². The molecule has 1 saturated heterocycles. The molecule has 0 aliphatic carbocycles. The second-order valence-electron chi connectivity index (χ2n) is 5.79. The molecule has 1 atom stereocenters. The van der Waals surface area contributed by atoms with Gasteiger partial charge in [-0.3, -0.25) is 9.59 Å². The van der Waals surface area contributed by atoms with Gasteiger partial charge in [0.15, 0.2) is 16.4 Å². The Kier molecular flexibility index (Phi) is 7.07. The number of halogens is 1. The lowest BCUT2D eigenvalue weighted by Crippen LogP contribution is -2.32. The van der Waals surface area contributed by atoms with Crippen LogP contribution in [-0.2, 0) is 24.2 Å². The molecule has 9 heteroatoms. The first-order chi connectivity index (χ1) is 11.8. The number of ether oxygens (including phenoxy) is 2. The normalized spacial score (nSPS) is 18.5. The zero-order valence-electron chi connectivity index (χ0n) is 13.6. The van der Waals surface area contributed by atoms with Crippen LogP contribution in [-0.4, -0.2) is 51.6 Å². The zero-order valence-corrected chi connectivity index (χ0v) is 15.1. The zero-order chi connectivity index (χ0) is 18.3. The fourth-order valence-corrected chi connectivity index (χ4v) is 4.40. The van der Waals surface area contributed by atoms with E-state index in [1.165, 1.54) is 0 Å². The molecule has 0 unspecified atom stereocenters. The molecule has 1 aliphatic heterocycles. The number of hydrogen-bond donors (Lipinski definition) is 1. The Hall–Kier alpha value is -1.80. The Labute approximate surface area is 151 Å². The van der Waals surface area contributed by atoms with Crippen LogP contribution in [0.15, 0.2) is 24.3 Å². The minimum absolute atomic E-state index is 0.0103. The monoisotopic (exact) mass is 389 g/mol. The lowest BCUT2D eigenvalue weighted by molar-refractivity contribution is -0.149. The molecule has 1 aromatic carbocycles. The number of carbonyl (C=O) groups excluding carboxylic acids is 2. The van der Waals surface area contributed by atoms with Crippen LogP contribution in [0.2, 0.25) is 5.02 Å². The van der Waals surface area contributed by atoms with Crippen molar-refractivity contribution in [3.05, 3.63) is 29.3 Å². The van der Waals surface area contributed by atoms with Crippen molar-refractivity contribution in [1.29, 1.82) is 0 Å². The Bertz CT molecular complexity index is 704. The van der Waals surface area contributed by atoms with E-state index in [9.17, 15) is 18.0 Å². The van der Waals surface area contributed by atoms with Crippen molar-refractivity contribution in [2.24, 2.45) is 5.92 Å². The molecule has 1 N–H and O–H groups in total. The molecular formula is C16H20ClNO6S. The molecule has 25 heavy (non-hydrogen) atoms. The van der Waals surface area contributed by atoms with Gasteiger partial charge in [0.05, 0.1) is 18.1 Å². The van der Waals surface area contributed by atoms with E-state index in [0.717, 1.165) is 0 Å². The molecule has 0 radical (unpaired) electrons. The van der Waals surface area contributed by atoms with Crippen LogP contribution in [0.3, 0.4) is 0 Å². The van der Waals surface area contributed by atoms with Gasteiger partial charge < -0.3 is 14.8 Å². The van der Waals surface area contributed by atoms with Crippen molar-refractivity contribution in [1.82, 2.24) is 5.32 Å². The summed E-state index contributed by atoms with van der Waals surface area (Å²) < 4.78 is 32.9. The number of benzene rings is 1. The summed E-state index contributed by atoms with van der Waals surface area (Å²) >= 11 is 5.76. The smallest absolute Gasteiger partial charge is 0.306 e. The van der Waals surface area contributed by atoms with Crippen LogP contribution in [0.25, 0.3) is 0 Å². The fraction of sp³-hybridized carbons (Fsp3) is 0.500. The van der Waals surface area contributed by atoms with E-state index < -0.39 is 21.7 Å². The SMILES string of the molecule is O=C(COC(=O)C[C@H]1CCS(=O)(=O)C1)NCCOc1ccc(Cl)cc1. The third kappa shape index (κ3) is 7.31. The Morgan fingerprint density at radius 2 is 1.96 bits per heavy atom. The average Bonchev–Trinajstić information content (AvgIpc) is 2.90. The summed E-state index contributed by atoms with van der Waals surface area (Å²) in [4.78, 5) is 23.2. The van der Waals surface area contributed by atoms with Gasteiger partial charge in [0.25, 0.3) is 5.91 Å². The molecule has 138 valence electrons. The highest BCUT2D eigenvalue weighted by atomic mass is 35.5. The summed E-state index contributed by atoms with van der Waals surface area (Å²) in [5, 5.41) is 3.17. The lowest BCUT2D eigenvalue weighted by Gasteiger charge is -2.09. The minimum atomic E-state index is -3.02. The molecule has 0 bridgehead atoms. The quantitative estimate of drug-likeness (QED) is 0.530. The maximum atomic E-state index is 11.6. The van der Waals surface area contributed by atoms with Crippen LogP contribution in [0, 0.1) is 5.92 Å². The van der Waals surface area contributed by atoms with Gasteiger partial charge in [-0.2, -0.15) is 0 Å². The number of rotatable bonds is 8. The van der Waals surface area contributed by atoms with Gasteiger partial charge in [0.1, 0.15) is 12.4 Å². The topological polar surface area (TPSA) is 98.8 Å². The Morgan fingerprint density at radius 3 is 2.60 bits per heavy atom. The summed E-state index contributed by atoms with van der Waals surface area (Å²) in [6, 6.07) is 6.83. The van der Waals surface area contributed by atoms with E-state index in [1.54, 1.807) is 24.3 Å². The summed E-state index contributed by atoms with van der Waals surface area (Å²) in [5.74, 6) is -0.457. The largest absolute Gasteiger partial charge is 0.492 e. The molecule has 1 amide bonds. The molecule has 1 fully saturated rings. The molecule has 0 spiro atoms. The number of nitrogens with one attached hydrogen (secondary N) is 1. The number of carbonyl (C=O) groups is 2. The van der Waals surface area contributed by atoms with Crippen LogP contribution in [0.5, 0.6) is 5.75 Å². The van der Waals surface area contributed by atoms with Crippen LogP contribution >= 0.6 is 11.6 Å². The van der Waals surface area contributed by atoms with E-state index >= 15 is 0 Å². The molecule has 0 saturated carbocycles. The van der Waals surface area contributed by atoms with Crippen LogP contribution in [0.4, 0.5) is 0 Å².